The minimum absolute atomic E-state index is 0.245. The molecule has 0 fully saturated rings. The second-order valence-corrected chi connectivity index (χ2v) is 4.84. The maximum atomic E-state index is 11.8. The molecular formula is C10H9NO4S. The van der Waals surface area contributed by atoms with Gasteiger partial charge in [-0.2, -0.15) is 8.42 Å². The lowest BCUT2D eigenvalue weighted by Crippen LogP contribution is -2.15. The number of aryl methyl sites for hydroxylation is 1. The van der Waals surface area contributed by atoms with Crippen LogP contribution in [0.4, 0.5) is 0 Å². The van der Waals surface area contributed by atoms with Gasteiger partial charge in [0.1, 0.15) is 0 Å². The van der Waals surface area contributed by atoms with E-state index in [4.69, 9.17) is 4.55 Å². The zero-order chi connectivity index (χ0) is 11.9. The molecule has 6 heteroatoms. The van der Waals surface area contributed by atoms with Crippen molar-refractivity contribution in [1.82, 2.24) is 4.98 Å². The molecule has 0 saturated carbocycles. The summed E-state index contributed by atoms with van der Waals surface area (Å²) >= 11 is 0. The molecule has 16 heavy (non-hydrogen) atoms. The van der Waals surface area contributed by atoms with Gasteiger partial charge in [-0.05, 0) is 18.6 Å². The number of aromatic nitrogens is 1. The second-order valence-electron chi connectivity index (χ2n) is 3.45. The lowest BCUT2D eigenvalue weighted by molar-refractivity contribution is 0.482. The highest BCUT2D eigenvalue weighted by molar-refractivity contribution is 7.85. The minimum atomic E-state index is -4.48. The number of hydrogen-bond acceptors (Lipinski definition) is 3. The molecule has 1 heterocycles. The minimum Gasteiger partial charge on any atom is -0.359 e. The fraction of sp³-hybridized carbons (Fsp3) is 0.100. The summed E-state index contributed by atoms with van der Waals surface area (Å²) in [5.74, 6) is 0. The van der Waals surface area contributed by atoms with Crippen LogP contribution in [-0.2, 0) is 10.1 Å². The summed E-state index contributed by atoms with van der Waals surface area (Å²) in [6, 6.07) is 4.96. The Morgan fingerprint density at radius 3 is 2.62 bits per heavy atom. The normalized spacial score (nSPS) is 11.9. The average Bonchev–Trinajstić information content (AvgIpc) is 2.18. The van der Waals surface area contributed by atoms with Gasteiger partial charge in [-0.25, -0.2) is 0 Å². The lowest BCUT2D eigenvalue weighted by atomic mass is 10.1. The standard InChI is InChI=1S/C10H9NO4S/c1-6-3-2-4-7-9(6)11-5-8(10(7)12)16(13,14)15/h2-5H,1H3,(H,11,12)(H,13,14,15). The Hall–Kier alpha value is -1.66. The van der Waals surface area contributed by atoms with E-state index in [0.29, 0.717) is 5.52 Å². The number of fused-ring (bicyclic) bond motifs is 1. The summed E-state index contributed by atoms with van der Waals surface area (Å²) in [6.45, 7) is 1.80. The van der Waals surface area contributed by atoms with Crippen molar-refractivity contribution in [3.8, 4) is 0 Å². The number of rotatable bonds is 1. The Morgan fingerprint density at radius 1 is 1.31 bits per heavy atom. The molecule has 0 amide bonds. The monoisotopic (exact) mass is 239 g/mol. The van der Waals surface area contributed by atoms with Gasteiger partial charge < -0.3 is 4.98 Å². The van der Waals surface area contributed by atoms with Gasteiger partial charge in [0, 0.05) is 11.6 Å². The topological polar surface area (TPSA) is 87.2 Å². The number of pyridine rings is 1. The van der Waals surface area contributed by atoms with Crippen molar-refractivity contribution in [3.63, 3.8) is 0 Å². The molecule has 0 aliphatic carbocycles. The van der Waals surface area contributed by atoms with Crippen LogP contribution in [0.3, 0.4) is 0 Å². The Labute approximate surface area is 91.5 Å². The third-order valence-electron chi connectivity index (χ3n) is 2.37. The molecule has 0 radical (unpaired) electrons. The number of nitrogens with one attached hydrogen (secondary N) is 1. The maximum Gasteiger partial charge on any atom is 0.299 e. The first-order valence-corrected chi connectivity index (χ1v) is 5.94. The van der Waals surface area contributed by atoms with Crippen molar-refractivity contribution in [1.29, 1.82) is 0 Å². The summed E-state index contributed by atoms with van der Waals surface area (Å²) in [7, 11) is -4.48. The zero-order valence-electron chi connectivity index (χ0n) is 8.39. The molecule has 0 atom stereocenters. The van der Waals surface area contributed by atoms with Gasteiger partial charge in [0.15, 0.2) is 4.90 Å². The van der Waals surface area contributed by atoms with Gasteiger partial charge in [-0.15, -0.1) is 0 Å². The molecule has 0 saturated heterocycles. The molecule has 0 aliphatic heterocycles. The van der Waals surface area contributed by atoms with Gasteiger partial charge in [0.2, 0.25) is 5.43 Å². The summed E-state index contributed by atoms with van der Waals surface area (Å²) in [4.78, 5) is 13.8. The molecule has 5 nitrogen and oxygen atoms in total. The molecule has 1 aromatic heterocycles. The van der Waals surface area contributed by atoms with E-state index < -0.39 is 20.4 Å². The van der Waals surface area contributed by atoms with E-state index in [9.17, 15) is 13.2 Å². The van der Waals surface area contributed by atoms with E-state index in [0.717, 1.165) is 11.8 Å². The van der Waals surface area contributed by atoms with Gasteiger partial charge in [-0.3, -0.25) is 9.35 Å². The number of H-pyrrole nitrogens is 1. The molecule has 0 bridgehead atoms. The van der Waals surface area contributed by atoms with Crippen LogP contribution < -0.4 is 5.43 Å². The summed E-state index contributed by atoms with van der Waals surface area (Å²) < 4.78 is 30.7. The van der Waals surface area contributed by atoms with Gasteiger partial charge >= 0.3 is 0 Å². The van der Waals surface area contributed by atoms with Gasteiger partial charge in [0.25, 0.3) is 10.1 Å². The smallest absolute Gasteiger partial charge is 0.299 e. The molecule has 0 aliphatic rings. The highest BCUT2D eigenvalue weighted by atomic mass is 32.2. The number of hydrogen-bond donors (Lipinski definition) is 2. The van der Waals surface area contributed by atoms with E-state index in [-0.39, 0.29) is 5.39 Å². The molecule has 1 aromatic carbocycles. The van der Waals surface area contributed by atoms with Crippen molar-refractivity contribution in [2.75, 3.05) is 0 Å². The van der Waals surface area contributed by atoms with Crippen LogP contribution in [0.5, 0.6) is 0 Å². The third kappa shape index (κ3) is 1.62. The first-order valence-electron chi connectivity index (χ1n) is 4.50. The van der Waals surface area contributed by atoms with Gasteiger partial charge in [0.05, 0.1) is 5.52 Å². The largest absolute Gasteiger partial charge is 0.359 e. The van der Waals surface area contributed by atoms with Crippen LogP contribution in [-0.4, -0.2) is 18.0 Å². The van der Waals surface area contributed by atoms with Crippen molar-refractivity contribution >= 4 is 21.0 Å². The van der Waals surface area contributed by atoms with Crippen molar-refractivity contribution in [3.05, 3.63) is 40.2 Å². The quantitative estimate of drug-likeness (QED) is 0.729. The highest BCUT2D eigenvalue weighted by Gasteiger charge is 2.16. The number of para-hydroxylation sites is 1. The van der Waals surface area contributed by atoms with Crippen molar-refractivity contribution in [2.24, 2.45) is 0 Å². The molecule has 2 aromatic rings. The Balaban J connectivity index is 2.98. The molecular weight excluding hydrogens is 230 g/mol. The molecule has 2 rings (SSSR count). The van der Waals surface area contributed by atoms with Gasteiger partial charge in [-0.1, -0.05) is 12.1 Å². The predicted molar refractivity (Wildman–Crippen MR) is 59.1 cm³/mol. The van der Waals surface area contributed by atoms with E-state index >= 15 is 0 Å². The lowest BCUT2D eigenvalue weighted by Gasteiger charge is -2.02. The molecule has 0 spiro atoms. The van der Waals surface area contributed by atoms with E-state index in [1.54, 1.807) is 19.1 Å². The van der Waals surface area contributed by atoms with Crippen LogP contribution in [0, 0.1) is 6.92 Å². The molecule has 84 valence electrons. The Morgan fingerprint density at radius 2 is 2.00 bits per heavy atom. The second kappa shape index (κ2) is 3.43. The summed E-state index contributed by atoms with van der Waals surface area (Å²) in [5, 5.41) is 0.245. The zero-order valence-corrected chi connectivity index (χ0v) is 9.21. The maximum absolute atomic E-state index is 11.8. The van der Waals surface area contributed by atoms with Crippen LogP contribution in [0.25, 0.3) is 10.9 Å². The fourth-order valence-corrected chi connectivity index (χ4v) is 2.13. The Kier molecular flexibility index (Phi) is 2.32. The van der Waals surface area contributed by atoms with Crippen molar-refractivity contribution in [2.45, 2.75) is 11.8 Å². The van der Waals surface area contributed by atoms with Crippen LogP contribution in [0.15, 0.2) is 34.1 Å². The summed E-state index contributed by atoms with van der Waals surface area (Å²) in [5.41, 5.74) is 0.705. The third-order valence-corrected chi connectivity index (χ3v) is 3.23. The molecule has 2 N–H and O–H groups in total. The van der Waals surface area contributed by atoms with E-state index in [1.807, 2.05) is 0 Å². The first kappa shape index (κ1) is 10.8. The average molecular weight is 239 g/mol. The van der Waals surface area contributed by atoms with E-state index in [2.05, 4.69) is 4.98 Å². The number of benzene rings is 1. The number of aromatic amines is 1. The Bertz CT molecular complexity index is 715. The van der Waals surface area contributed by atoms with Crippen LogP contribution >= 0.6 is 0 Å². The van der Waals surface area contributed by atoms with Crippen LogP contribution in [0.1, 0.15) is 5.56 Å². The fourth-order valence-electron chi connectivity index (χ4n) is 1.58. The predicted octanol–water partition coefficient (Wildman–Crippen LogP) is 1.08. The molecule has 0 unspecified atom stereocenters. The van der Waals surface area contributed by atoms with Crippen molar-refractivity contribution < 1.29 is 13.0 Å². The highest BCUT2D eigenvalue weighted by Crippen LogP contribution is 2.14. The first-order chi connectivity index (χ1) is 7.41. The van der Waals surface area contributed by atoms with E-state index in [1.165, 1.54) is 6.07 Å². The summed E-state index contributed by atoms with van der Waals surface area (Å²) in [6.07, 6.45) is 1.01. The SMILES string of the molecule is Cc1cccc2c(=O)c(S(=O)(=O)O)c[nH]c12. The van der Waals surface area contributed by atoms with Crippen LogP contribution in [0.2, 0.25) is 0 Å².